The summed E-state index contributed by atoms with van der Waals surface area (Å²) in [4.78, 5) is 0. The number of ether oxygens (including phenoxy) is 1. The molecule has 0 bridgehead atoms. The number of halogens is 1. The maximum Gasteiger partial charge on any atom is 0.170 e. The Bertz CT molecular complexity index is 659. The lowest BCUT2D eigenvalue weighted by molar-refractivity contribution is 0.318. The van der Waals surface area contributed by atoms with Crippen LogP contribution >= 0.6 is 0 Å². The summed E-state index contributed by atoms with van der Waals surface area (Å²) in [5.74, 6) is 0.179. The van der Waals surface area contributed by atoms with Gasteiger partial charge in [-0.15, -0.1) is 0 Å². The van der Waals surface area contributed by atoms with E-state index in [9.17, 15) is 4.39 Å². The quantitative estimate of drug-likeness (QED) is 0.342. The smallest absolute Gasteiger partial charge is 0.170 e. The van der Waals surface area contributed by atoms with Crippen LogP contribution in [0.2, 0.25) is 0 Å². The van der Waals surface area contributed by atoms with Gasteiger partial charge in [0.25, 0.3) is 0 Å². The highest BCUT2D eigenvalue weighted by Crippen LogP contribution is 2.18. The summed E-state index contributed by atoms with van der Waals surface area (Å²) in [7, 11) is 1.59. The molecule has 0 saturated heterocycles. The van der Waals surface area contributed by atoms with Crippen molar-refractivity contribution in [1.82, 2.24) is 0 Å². The highest BCUT2D eigenvalue weighted by atomic mass is 19.1. The minimum atomic E-state index is -0.422. The van der Waals surface area contributed by atoms with Gasteiger partial charge in [-0.05, 0) is 18.2 Å². The van der Waals surface area contributed by atoms with Crippen LogP contribution in [0.4, 0.5) is 10.1 Å². The zero-order chi connectivity index (χ0) is 15.2. The number of amidine groups is 1. The van der Waals surface area contributed by atoms with Crippen molar-refractivity contribution in [2.45, 2.75) is 6.54 Å². The van der Waals surface area contributed by atoms with Crippen LogP contribution in [-0.4, -0.2) is 18.2 Å². The summed E-state index contributed by atoms with van der Waals surface area (Å²) in [6, 6.07) is 11.8. The predicted molar refractivity (Wildman–Crippen MR) is 79.2 cm³/mol. The molecular formula is C15H16FN3O2. The van der Waals surface area contributed by atoms with Gasteiger partial charge in [-0.1, -0.05) is 23.4 Å². The Kier molecular flexibility index (Phi) is 4.61. The monoisotopic (exact) mass is 289 g/mol. The first kappa shape index (κ1) is 14.6. The zero-order valence-corrected chi connectivity index (χ0v) is 11.5. The molecule has 6 heteroatoms. The van der Waals surface area contributed by atoms with E-state index in [2.05, 4.69) is 10.5 Å². The minimum absolute atomic E-state index is 0.124. The first-order valence-electron chi connectivity index (χ1n) is 6.28. The number of hydrogen-bond donors (Lipinski definition) is 3. The molecule has 0 aliphatic carbocycles. The van der Waals surface area contributed by atoms with Gasteiger partial charge in [-0.3, -0.25) is 0 Å². The molecule has 0 unspecified atom stereocenters. The van der Waals surface area contributed by atoms with Crippen LogP contribution in [0.15, 0.2) is 47.6 Å². The second-order valence-electron chi connectivity index (χ2n) is 4.38. The van der Waals surface area contributed by atoms with E-state index in [1.54, 1.807) is 19.2 Å². The van der Waals surface area contributed by atoms with Crippen molar-refractivity contribution < 1.29 is 14.3 Å². The lowest BCUT2D eigenvalue weighted by atomic mass is 10.1. The molecule has 2 aromatic carbocycles. The largest absolute Gasteiger partial charge is 0.497 e. The van der Waals surface area contributed by atoms with E-state index >= 15 is 0 Å². The molecule has 0 aliphatic heterocycles. The molecule has 0 radical (unpaired) electrons. The van der Waals surface area contributed by atoms with Crippen LogP contribution in [0.25, 0.3) is 0 Å². The van der Waals surface area contributed by atoms with Gasteiger partial charge in [-0.2, -0.15) is 0 Å². The molecule has 2 rings (SSSR count). The molecular weight excluding hydrogens is 273 g/mol. The second-order valence-corrected chi connectivity index (χ2v) is 4.38. The Morgan fingerprint density at radius 3 is 2.81 bits per heavy atom. The average Bonchev–Trinajstić information content (AvgIpc) is 2.53. The van der Waals surface area contributed by atoms with Crippen molar-refractivity contribution in [3.63, 3.8) is 0 Å². The summed E-state index contributed by atoms with van der Waals surface area (Å²) in [6.45, 7) is 0.315. The van der Waals surface area contributed by atoms with Crippen molar-refractivity contribution >= 4 is 11.5 Å². The fourth-order valence-electron chi connectivity index (χ4n) is 1.84. The molecule has 0 saturated carbocycles. The van der Waals surface area contributed by atoms with Crippen molar-refractivity contribution in [3.8, 4) is 5.75 Å². The van der Waals surface area contributed by atoms with Crippen LogP contribution < -0.4 is 15.8 Å². The second kappa shape index (κ2) is 6.60. The third-order valence-electron chi connectivity index (χ3n) is 3.01. The van der Waals surface area contributed by atoms with Gasteiger partial charge in [0.15, 0.2) is 5.84 Å². The number of methoxy groups -OCH3 is 1. The predicted octanol–water partition coefficient (Wildman–Crippen LogP) is 2.54. The molecule has 0 aliphatic rings. The molecule has 4 N–H and O–H groups in total. The van der Waals surface area contributed by atoms with Gasteiger partial charge in [0, 0.05) is 29.4 Å². The van der Waals surface area contributed by atoms with E-state index in [0.717, 1.165) is 11.4 Å². The standard InChI is InChI=1S/C15H16FN3O2/c1-21-13-4-2-3-12(8-13)18-9-11-6-5-10(7-14(11)16)15(17)19-20/h2-8,18,20H,9H2,1H3,(H2,17,19). The van der Waals surface area contributed by atoms with Gasteiger partial charge < -0.3 is 21.0 Å². The maximum atomic E-state index is 13.9. The summed E-state index contributed by atoms with van der Waals surface area (Å²) in [6.07, 6.45) is 0. The van der Waals surface area contributed by atoms with Crippen molar-refractivity contribution in [2.75, 3.05) is 12.4 Å². The van der Waals surface area contributed by atoms with Crippen molar-refractivity contribution in [3.05, 3.63) is 59.4 Å². The zero-order valence-electron chi connectivity index (χ0n) is 11.5. The van der Waals surface area contributed by atoms with E-state index in [0.29, 0.717) is 17.7 Å². The Hall–Kier alpha value is -2.76. The highest BCUT2D eigenvalue weighted by Gasteiger charge is 2.06. The van der Waals surface area contributed by atoms with E-state index in [4.69, 9.17) is 15.7 Å². The minimum Gasteiger partial charge on any atom is -0.497 e. The Morgan fingerprint density at radius 1 is 1.33 bits per heavy atom. The van der Waals surface area contributed by atoms with E-state index in [1.807, 2.05) is 24.3 Å². The van der Waals surface area contributed by atoms with Crippen LogP contribution in [0, 0.1) is 5.82 Å². The first-order valence-corrected chi connectivity index (χ1v) is 6.28. The fraction of sp³-hybridized carbons (Fsp3) is 0.133. The van der Waals surface area contributed by atoms with Crippen LogP contribution in [0.5, 0.6) is 5.75 Å². The van der Waals surface area contributed by atoms with Crippen LogP contribution in [-0.2, 0) is 6.54 Å². The number of oxime groups is 1. The molecule has 2 aromatic rings. The van der Waals surface area contributed by atoms with Crippen LogP contribution in [0.1, 0.15) is 11.1 Å². The van der Waals surface area contributed by atoms with Gasteiger partial charge >= 0.3 is 0 Å². The number of nitrogens with zero attached hydrogens (tertiary/aromatic N) is 1. The van der Waals surface area contributed by atoms with E-state index in [1.165, 1.54) is 6.07 Å². The summed E-state index contributed by atoms with van der Waals surface area (Å²) in [5, 5.41) is 14.5. The fourth-order valence-corrected chi connectivity index (χ4v) is 1.84. The van der Waals surface area contributed by atoms with Crippen LogP contribution in [0.3, 0.4) is 0 Å². The third kappa shape index (κ3) is 3.62. The number of anilines is 1. The topological polar surface area (TPSA) is 79.9 Å². The number of nitrogens with two attached hydrogens (primary N) is 1. The summed E-state index contributed by atoms with van der Waals surface area (Å²) in [5.41, 5.74) is 7.05. The number of hydrogen-bond acceptors (Lipinski definition) is 4. The molecule has 0 aromatic heterocycles. The Labute approximate surface area is 121 Å². The lowest BCUT2D eigenvalue weighted by Crippen LogP contribution is -2.14. The summed E-state index contributed by atoms with van der Waals surface area (Å²) < 4.78 is 19.1. The third-order valence-corrected chi connectivity index (χ3v) is 3.01. The number of rotatable bonds is 5. The van der Waals surface area contributed by atoms with Crippen molar-refractivity contribution in [1.29, 1.82) is 0 Å². The molecule has 110 valence electrons. The van der Waals surface area contributed by atoms with E-state index in [-0.39, 0.29) is 5.84 Å². The highest BCUT2D eigenvalue weighted by molar-refractivity contribution is 5.97. The lowest BCUT2D eigenvalue weighted by Gasteiger charge is -2.09. The maximum absolute atomic E-state index is 13.9. The molecule has 0 spiro atoms. The average molecular weight is 289 g/mol. The molecule has 0 heterocycles. The van der Waals surface area contributed by atoms with Gasteiger partial charge in [-0.25, -0.2) is 4.39 Å². The normalized spacial score (nSPS) is 11.2. The van der Waals surface area contributed by atoms with Gasteiger partial charge in [0.1, 0.15) is 11.6 Å². The molecule has 0 fully saturated rings. The SMILES string of the molecule is COc1cccc(NCc2ccc(C(N)=NO)cc2F)c1. The number of benzene rings is 2. The molecule has 0 atom stereocenters. The molecule has 5 nitrogen and oxygen atoms in total. The Morgan fingerprint density at radius 2 is 2.14 bits per heavy atom. The molecule has 0 amide bonds. The number of nitrogens with one attached hydrogen (secondary N) is 1. The Balaban J connectivity index is 2.09. The molecule has 21 heavy (non-hydrogen) atoms. The van der Waals surface area contributed by atoms with Gasteiger partial charge in [0.05, 0.1) is 7.11 Å². The first-order chi connectivity index (χ1) is 10.1. The van der Waals surface area contributed by atoms with E-state index < -0.39 is 5.82 Å². The summed E-state index contributed by atoms with van der Waals surface area (Å²) >= 11 is 0. The van der Waals surface area contributed by atoms with Crippen molar-refractivity contribution in [2.24, 2.45) is 10.9 Å². The van der Waals surface area contributed by atoms with Gasteiger partial charge in [0.2, 0.25) is 0 Å².